The van der Waals surface area contributed by atoms with Gasteiger partial charge in [-0.05, 0) is 83.5 Å². The molecule has 0 aliphatic carbocycles. The summed E-state index contributed by atoms with van der Waals surface area (Å²) in [6, 6.07) is -1.55. The van der Waals surface area contributed by atoms with Crippen LogP contribution in [0, 0.1) is 0 Å². The normalized spacial score (nSPS) is 15.3. The smallest absolute Gasteiger partial charge is 0.472 e. The summed E-state index contributed by atoms with van der Waals surface area (Å²) >= 11 is 0. The number of aliphatic hydroxyl groups excluding tert-OH is 1. The monoisotopic (exact) mass is 845 g/mol. The number of nitrogens with two attached hydrogens (primary N) is 1. The number of phosphoric ester groups is 1. The third-order valence-electron chi connectivity index (χ3n) is 8.10. The van der Waals surface area contributed by atoms with E-state index in [4.69, 9.17) is 24.8 Å². The van der Waals surface area contributed by atoms with Gasteiger partial charge >= 0.3 is 25.7 Å². The first kappa shape index (κ1) is 55.1. The topological polar surface area (TPSA) is 192 Å². The van der Waals surface area contributed by atoms with Crippen LogP contribution in [0.1, 0.15) is 123 Å². The van der Waals surface area contributed by atoms with Gasteiger partial charge < -0.3 is 30.3 Å². The lowest BCUT2D eigenvalue weighted by atomic mass is 10.1. The number of hydrogen-bond acceptors (Lipinski definition) is 10. The molecule has 0 aromatic rings. The number of unbranched alkanes of at least 4 members (excludes halogenated alkanes) is 5. The van der Waals surface area contributed by atoms with Crippen LogP contribution in [-0.4, -0.2) is 71.1 Å². The Morgan fingerprint density at radius 1 is 0.627 bits per heavy atom. The fourth-order valence-corrected chi connectivity index (χ4v) is 5.55. The number of hydrogen-bond donors (Lipinski definition) is 4. The van der Waals surface area contributed by atoms with Crippen LogP contribution in [0.4, 0.5) is 0 Å². The highest BCUT2D eigenvalue weighted by molar-refractivity contribution is 7.47. The molecule has 0 aliphatic heterocycles. The molecule has 5 N–H and O–H groups in total. The predicted molar refractivity (Wildman–Crippen MR) is 236 cm³/mol. The van der Waals surface area contributed by atoms with E-state index in [1.54, 1.807) is 6.08 Å². The number of carboxylic acids is 1. The van der Waals surface area contributed by atoms with Gasteiger partial charge in [-0.25, -0.2) is 4.57 Å². The number of ether oxygens (including phenoxy) is 2. The van der Waals surface area contributed by atoms with Crippen LogP contribution in [0.3, 0.4) is 0 Å². The molecule has 0 spiro atoms. The summed E-state index contributed by atoms with van der Waals surface area (Å²) in [6.45, 7) is 2.44. The van der Waals surface area contributed by atoms with Crippen molar-refractivity contribution in [2.24, 2.45) is 5.73 Å². The van der Waals surface area contributed by atoms with Gasteiger partial charge in [-0.15, -0.1) is 0 Å². The summed E-state index contributed by atoms with van der Waals surface area (Å²) in [4.78, 5) is 45.9. The van der Waals surface area contributed by atoms with E-state index < -0.39 is 63.8 Å². The maximum atomic E-state index is 12.6. The fourth-order valence-electron chi connectivity index (χ4n) is 4.77. The van der Waals surface area contributed by atoms with Gasteiger partial charge in [0, 0.05) is 12.8 Å². The Balaban J connectivity index is 4.67. The minimum Gasteiger partial charge on any atom is -0.480 e. The van der Waals surface area contributed by atoms with Gasteiger partial charge in [0.05, 0.1) is 19.3 Å². The van der Waals surface area contributed by atoms with Crippen LogP contribution in [0.25, 0.3) is 0 Å². The molecule has 0 heterocycles. The molecule has 0 amide bonds. The highest BCUT2D eigenvalue weighted by atomic mass is 31.2. The van der Waals surface area contributed by atoms with Gasteiger partial charge in [0.25, 0.3) is 0 Å². The average molecular weight is 846 g/mol. The van der Waals surface area contributed by atoms with Crippen LogP contribution in [0.15, 0.2) is 109 Å². The number of esters is 2. The second-order valence-corrected chi connectivity index (χ2v) is 15.0. The van der Waals surface area contributed by atoms with Crippen LogP contribution >= 0.6 is 7.82 Å². The maximum Gasteiger partial charge on any atom is 0.472 e. The molecule has 0 aromatic heterocycles. The van der Waals surface area contributed by atoms with Crippen molar-refractivity contribution in [2.75, 3.05) is 19.8 Å². The second kappa shape index (κ2) is 39.6. The molecule has 0 bridgehead atoms. The van der Waals surface area contributed by atoms with E-state index in [-0.39, 0.29) is 12.8 Å². The van der Waals surface area contributed by atoms with Crippen molar-refractivity contribution in [3.8, 4) is 0 Å². The number of carboxylic acid groups (broad SMARTS) is 1. The van der Waals surface area contributed by atoms with E-state index in [1.807, 2.05) is 54.7 Å². The van der Waals surface area contributed by atoms with E-state index in [0.717, 1.165) is 51.4 Å². The maximum absolute atomic E-state index is 12.6. The molecule has 0 aromatic carbocycles. The second-order valence-electron chi connectivity index (χ2n) is 13.6. The van der Waals surface area contributed by atoms with Gasteiger partial charge in [-0.2, -0.15) is 0 Å². The molecule has 4 atom stereocenters. The van der Waals surface area contributed by atoms with Crippen LogP contribution in [0.2, 0.25) is 0 Å². The Bertz CT molecular complexity index is 1430. The Morgan fingerprint density at radius 2 is 1.17 bits per heavy atom. The van der Waals surface area contributed by atoms with Crippen molar-refractivity contribution in [1.82, 2.24) is 0 Å². The van der Waals surface area contributed by atoms with E-state index in [1.165, 1.54) is 19.3 Å². The standard InChI is InChI=1S/C46H72NO11P/c1-3-5-7-9-11-12-13-14-15-16-17-21-24-28-32-36-44(49)55-38-42(39-56-59(53,54)57-40-43(47)46(51)52)58-45(50)37-33-29-25-22-19-18-20-23-27-31-35-41(48)34-30-26-10-8-6-4-2/h6,8,11-12,14-15,17-19,21,23,25-27,29-31,35,41-43,48H,3-5,7,9-10,13,16,20,22,24,28,32-34,36-40,47H2,1-2H3,(H,51,52)(H,53,54)/b8-6-,12-11-,15-14-,19-18-,21-17-,27-23-,29-25-,30-26-,35-31+/t41?,42-,43+/m1/s1. The molecule has 59 heavy (non-hydrogen) atoms. The van der Waals surface area contributed by atoms with E-state index in [9.17, 15) is 28.9 Å². The van der Waals surface area contributed by atoms with E-state index >= 15 is 0 Å². The van der Waals surface area contributed by atoms with Crippen molar-refractivity contribution >= 4 is 25.7 Å². The Morgan fingerprint density at radius 3 is 1.78 bits per heavy atom. The average Bonchev–Trinajstić information content (AvgIpc) is 3.21. The molecule has 0 aliphatic rings. The van der Waals surface area contributed by atoms with Gasteiger partial charge in [0.2, 0.25) is 0 Å². The summed E-state index contributed by atoms with van der Waals surface area (Å²) in [5.74, 6) is -2.59. The number of rotatable bonds is 37. The molecular formula is C46H72NO11P. The van der Waals surface area contributed by atoms with Crippen molar-refractivity contribution in [2.45, 2.75) is 141 Å². The summed E-state index contributed by atoms with van der Waals surface area (Å²) in [5.41, 5.74) is 5.32. The Hall–Kier alpha value is -3.90. The van der Waals surface area contributed by atoms with Gasteiger partial charge in [-0.3, -0.25) is 23.4 Å². The molecule has 12 nitrogen and oxygen atoms in total. The first-order valence-corrected chi connectivity index (χ1v) is 22.5. The first-order valence-electron chi connectivity index (χ1n) is 21.0. The van der Waals surface area contributed by atoms with Crippen molar-refractivity contribution in [1.29, 1.82) is 0 Å². The number of carbonyl (C=O) groups is 3. The number of aliphatic carboxylic acids is 1. The molecule has 0 rings (SSSR count). The zero-order valence-electron chi connectivity index (χ0n) is 35.4. The highest BCUT2D eigenvalue weighted by Gasteiger charge is 2.28. The summed E-state index contributed by atoms with van der Waals surface area (Å²) in [7, 11) is -4.76. The SMILES string of the molecule is CC/C=C\C/C=C\CC(O)/C=C/C=C\C/C=C\C/C=C\CCC(=O)O[C@H](COC(=O)CCCC/C=C\C/C=C\C/C=C\CCCCC)COP(=O)(O)OC[C@H](N)C(=O)O. The first-order chi connectivity index (χ1) is 28.5. The lowest BCUT2D eigenvalue weighted by molar-refractivity contribution is -0.161. The molecule has 0 fully saturated rings. The molecule has 0 saturated heterocycles. The van der Waals surface area contributed by atoms with Crippen molar-refractivity contribution in [3.63, 3.8) is 0 Å². The van der Waals surface area contributed by atoms with Gasteiger partial charge in [0.1, 0.15) is 12.6 Å². The minimum absolute atomic E-state index is 0.00247. The molecule has 0 radical (unpaired) electrons. The van der Waals surface area contributed by atoms with E-state index in [2.05, 4.69) is 67.0 Å². The van der Waals surface area contributed by atoms with Crippen molar-refractivity contribution < 1.29 is 52.6 Å². The molecule has 13 heteroatoms. The quantitative estimate of drug-likeness (QED) is 0.0152. The summed E-state index contributed by atoms with van der Waals surface area (Å²) < 4.78 is 32.5. The fraction of sp³-hybridized carbons (Fsp3) is 0.543. The third-order valence-corrected chi connectivity index (χ3v) is 9.05. The Labute approximate surface area is 353 Å². The van der Waals surface area contributed by atoms with Gasteiger partial charge in [-0.1, -0.05) is 136 Å². The summed E-state index contributed by atoms with van der Waals surface area (Å²) in [6.07, 6.45) is 47.7. The zero-order valence-corrected chi connectivity index (χ0v) is 36.3. The highest BCUT2D eigenvalue weighted by Crippen LogP contribution is 2.43. The van der Waals surface area contributed by atoms with Gasteiger partial charge in [0.15, 0.2) is 6.10 Å². The zero-order chi connectivity index (χ0) is 43.7. The third kappa shape index (κ3) is 39.3. The van der Waals surface area contributed by atoms with E-state index in [0.29, 0.717) is 25.7 Å². The largest absolute Gasteiger partial charge is 0.480 e. The van der Waals surface area contributed by atoms with Crippen LogP contribution in [0.5, 0.6) is 0 Å². The minimum atomic E-state index is -4.76. The lowest BCUT2D eigenvalue weighted by Gasteiger charge is -2.20. The predicted octanol–water partition coefficient (Wildman–Crippen LogP) is 10.0. The number of allylic oxidation sites excluding steroid dienone is 16. The summed E-state index contributed by atoms with van der Waals surface area (Å²) in [5, 5.41) is 18.9. The lowest BCUT2D eigenvalue weighted by Crippen LogP contribution is -2.34. The molecule has 0 saturated carbocycles. The molecular weight excluding hydrogens is 773 g/mol. The Kier molecular flexibility index (Phi) is 36.9. The number of carbonyl (C=O) groups excluding carboxylic acids is 2. The number of aliphatic hydroxyl groups is 1. The number of phosphoric acid groups is 1. The molecule has 2 unspecified atom stereocenters. The van der Waals surface area contributed by atoms with Crippen LogP contribution < -0.4 is 5.73 Å². The van der Waals surface area contributed by atoms with Crippen LogP contribution in [-0.2, 0) is 37.5 Å². The molecule has 332 valence electrons. The van der Waals surface area contributed by atoms with Crippen molar-refractivity contribution in [3.05, 3.63) is 109 Å².